The summed E-state index contributed by atoms with van der Waals surface area (Å²) in [6.07, 6.45) is 6.23. The molecule has 0 bridgehead atoms. The van der Waals surface area contributed by atoms with Gasteiger partial charge in [0.1, 0.15) is 0 Å². The zero-order valence-corrected chi connectivity index (χ0v) is 9.61. The molecule has 0 saturated heterocycles. The second-order valence-electron chi connectivity index (χ2n) is 3.91. The van der Waals surface area contributed by atoms with E-state index < -0.39 is 0 Å². The predicted molar refractivity (Wildman–Crippen MR) is 60.5 cm³/mol. The Morgan fingerprint density at radius 3 is 3.07 bits per heavy atom. The SMILES string of the molecule is CCCC(C)NCc1cnn(CCO)c1. The minimum Gasteiger partial charge on any atom is -0.394 e. The van der Waals surface area contributed by atoms with E-state index in [1.807, 2.05) is 12.4 Å². The number of hydrogen-bond acceptors (Lipinski definition) is 3. The third-order valence-corrected chi connectivity index (χ3v) is 2.39. The smallest absolute Gasteiger partial charge is 0.0640 e. The van der Waals surface area contributed by atoms with Gasteiger partial charge in [0.25, 0.3) is 0 Å². The third kappa shape index (κ3) is 4.44. The average molecular weight is 211 g/mol. The van der Waals surface area contributed by atoms with Gasteiger partial charge in [0, 0.05) is 24.3 Å². The molecule has 1 aromatic rings. The van der Waals surface area contributed by atoms with E-state index in [1.54, 1.807) is 4.68 Å². The highest BCUT2D eigenvalue weighted by Gasteiger charge is 2.01. The molecule has 1 unspecified atom stereocenters. The summed E-state index contributed by atoms with van der Waals surface area (Å²) >= 11 is 0. The Morgan fingerprint density at radius 1 is 1.60 bits per heavy atom. The van der Waals surface area contributed by atoms with Crippen molar-refractivity contribution in [2.75, 3.05) is 6.61 Å². The molecule has 0 aromatic carbocycles. The summed E-state index contributed by atoms with van der Waals surface area (Å²) < 4.78 is 1.77. The number of hydrogen-bond donors (Lipinski definition) is 2. The molecule has 1 rings (SSSR count). The Hall–Kier alpha value is -0.870. The van der Waals surface area contributed by atoms with Gasteiger partial charge in [-0.05, 0) is 13.3 Å². The number of nitrogens with zero attached hydrogens (tertiary/aromatic N) is 2. The van der Waals surface area contributed by atoms with Crippen molar-refractivity contribution in [3.63, 3.8) is 0 Å². The van der Waals surface area contributed by atoms with Gasteiger partial charge < -0.3 is 10.4 Å². The molecule has 86 valence electrons. The molecule has 4 nitrogen and oxygen atoms in total. The molecule has 4 heteroatoms. The monoisotopic (exact) mass is 211 g/mol. The van der Waals surface area contributed by atoms with Crippen molar-refractivity contribution in [3.8, 4) is 0 Å². The Kier molecular flexibility index (Phi) is 5.36. The average Bonchev–Trinajstić information content (AvgIpc) is 2.64. The molecule has 0 saturated carbocycles. The van der Waals surface area contributed by atoms with E-state index >= 15 is 0 Å². The van der Waals surface area contributed by atoms with Crippen LogP contribution in [0.5, 0.6) is 0 Å². The van der Waals surface area contributed by atoms with Crippen molar-refractivity contribution in [3.05, 3.63) is 18.0 Å². The fraction of sp³-hybridized carbons (Fsp3) is 0.727. The molecule has 15 heavy (non-hydrogen) atoms. The molecule has 0 amide bonds. The minimum atomic E-state index is 0.140. The van der Waals surface area contributed by atoms with E-state index in [2.05, 4.69) is 24.3 Å². The highest BCUT2D eigenvalue weighted by Crippen LogP contribution is 2.00. The van der Waals surface area contributed by atoms with Crippen molar-refractivity contribution in [1.82, 2.24) is 15.1 Å². The molecular formula is C11H21N3O. The van der Waals surface area contributed by atoms with Crippen LogP contribution in [-0.4, -0.2) is 27.5 Å². The van der Waals surface area contributed by atoms with Crippen molar-refractivity contribution < 1.29 is 5.11 Å². The van der Waals surface area contributed by atoms with E-state index in [4.69, 9.17) is 5.11 Å². The summed E-state index contributed by atoms with van der Waals surface area (Å²) in [6, 6.07) is 0.552. The van der Waals surface area contributed by atoms with E-state index in [0.717, 1.165) is 6.54 Å². The number of nitrogens with one attached hydrogen (secondary N) is 1. The molecule has 0 aliphatic heterocycles. The first-order chi connectivity index (χ1) is 7.26. The zero-order chi connectivity index (χ0) is 11.1. The first-order valence-corrected chi connectivity index (χ1v) is 5.61. The Labute approximate surface area is 91.3 Å². The summed E-state index contributed by atoms with van der Waals surface area (Å²) in [5.74, 6) is 0. The number of rotatable bonds is 7. The van der Waals surface area contributed by atoms with Crippen molar-refractivity contribution in [1.29, 1.82) is 0 Å². The fourth-order valence-electron chi connectivity index (χ4n) is 1.55. The van der Waals surface area contributed by atoms with Gasteiger partial charge in [-0.25, -0.2) is 0 Å². The number of aliphatic hydroxyl groups excluding tert-OH is 1. The maximum atomic E-state index is 8.74. The quantitative estimate of drug-likeness (QED) is 0.711. The van der Waals surface area contributed by atoms with Crippen LogP contribution < -0.4 is 5.32 Å². The topological polar surface area (TPSA) is 50.1 Å². The summed E-state index contributed by atoms with van der Waals surface area (Å²) in [6.45, 7) is 5.96. The van der Waals surface area contributed by atoms with Gasteiger partial charge in [0.15, 0.2) is 0 Å². The van der Waals surface area contributed by atoms with Crippen LogP contribution in [0, 0.1) is 0 Å². The van der Waals surface area contributed by atoms with Gasteiger partial charge in [0.05, 0.1) is 19.3 Å². The Morgan fingerprint density at radius 2 is 2.40 bits per heavy atom. The lowest BCUT2D eigenvalue weighted by molar-refractivity contribution is 0.269. The standard InChI is InChI=1S/C11H21N3O/c1-3-4-10(2)12-7-11-8-13-14(9-11)5-6-15/h8-10,12,15H,3-7H2,1-2H3. The first kappa shape index (κ1) is 12.2. The van der Waals surface area contributed by atoms with Gasteiger partial charge in [-0.1, -0.05) is 13.3 Å². The molecule has 1 heterocycles. The van der Waals surface area contributed by atoms with Crippen molar-refractivity contribution in [2.45, 2.75) is 45.8 Å². The maximum absolute atomic E-state index is 8.74. The van der Waals surface area contributed by atoms with Crippen LogP contribution in [0.1, 0.15) is 32.3 Å². The van der Waals surface area contributed by atoms with E-state index in [-0.39, 0.29) is 6.61 Å². The largest absolute Gasteiger partial charge is 0.394 e. The lowest BCUT2D eigenvalue weighted by Gasteiger charge is -2.10. The molecule has 0 radical (unpaired) electrons. The maximum Gasteiger partial charge on any atom is 0.0640 e. The molecule has 0 aliphatic carbocycles. The van der Waals surface area contributed by atoms with Crippen LogP contribution in [0.2, 0.25) is 0 Å². The Bertz CT molecular complexity index is 273. The fourth-order valence-corrected chi connectivity index (χ4v) is 1.55. The van der Waals surface area contributed by atoms with Crippen LogP contribution in [-0.2, 0) is 13.1 Å². The molecule has 0 fully saturated rings. The number of aromatic nitrogens is 2. The highest BCUT2D eigenvalue weighted by atomic mass is 16.3. The second-order valence-corrected chi connectivity index (χ2v) is 3.91. The summed E-state index contributed by atoms with van der Waals surface area (Å²) in [4.78, 5) is 0. The van der Waals surface area contributed by atoms with Crippen LogP contribution in [0.15, 0.2) is 12.4 Å². The first-order valence-electron chi connectivity index (χ1n) is 5.61. The minimum absolute atomic E-state index is 0.140. The van der Waals surface area contributed by atoms with Gasteiger partial charge in [-0.3, -0.25) is 4.68 Å². The van der Waals surface area contributed by atoms with Gasteiger partial charge in [-0.15, -0.1) is 0 Å². The van der Waals surface area contributed by atoms with E-state index in [9.17, 15) is 0 Å². The molecular weight excluding hydrogens is 190 g/mol. The molecule has 0 aliphatic rings. The third-order valence-electron chi connectivity index (χ3n) is 2.39. The van der Waals surface area contributed by atoms with Crippen LogP contribution in [0.4, 0.5) is 0 Å². The summed E-state index contributed by atoms with van der Waals surface area (Å²) in [7, 11) is 0. The van der Waals surface area contributed by atoms with Gasteiger partial charge >= 0.3 is 0 Å². The summed E-state index contributed by atoms with van der Waals surface area (Å²) in [5, 5.41) is 16.3. The van der Waals surface area contributed by atoms with Crippen molar-refractivity contribution in [2.24, 2.45) is 0 Å². The molecule has 1 atom stereocenters. The van der Waals surface area contributed by atoms with E-state index in [0.29, 0.717) is 12.6 Å². The van der Waals surface area contributed by atoms with Crippen LogP contribution in [0.3, 0.4) is 0 Å². The summed E-state index contributed by atoms with van der Waals surface area (Å²) in [5.41, 5.74) is 1.17. The second kappa shape index (κ2) is 6.58. The molecule has 2 N–H and O–H groups in total. The van der Waals surface area contributed by atoms with E-state index in [1.165, 1.54) is 18.4 Å². The van der Waals surface area contributed by atoms with Gasteiger partial charge in [-0.2, -0.15) is 5.10 Å². The normalized spacial score (nSPS) is 13.0. The van der Waals surface area contributed by atoms with Gasteiger partial charge in [0.2, 0.25) is 0 Å². The molecule has 1 aromatic heterocycles. The lowest BCUT2D eigenvalue weighted by Crippen LogP contribution is -2.24. The van der Waals surface area contributed by atoms with Crippen LogP contribution >= 0.6 is 0 Å². The Balaban J connectivity index is 2.30. The van der Waals surface area contributed by atoms with Crippen LogP contribution in [0.25, 0.3) is 0 Å². The molecule has 0 spiro atoms. The zero-order valence-electron chi connectivity index (χ0n) is 9.61. The lowest BCUT2D eigenvalue weighted by atomic mass is 10.2. The predicted octanol–water partition coefficient (Wildman–Crippen LogP) is 1.15. The highest BCUT2D eigenvalue weighted by molar-refractivity contribution is 5.03. The number of aliphatic hydroxyl groups is 1. The van der Waals surface area contributed by atoms with Crippen molar-refractivity contribution >= 4 is 0 Å².